The molecule has 0 saturated carbocycles. The summed E-state index contributed by atoms with van der Waals surface area (Å²) in [5.41, 5.74) is 10.2. The van der Waals surface area contributed by atoms with E-state index in [0.717, 1.165) is 39.7 Å². The molecule has 4 rings (SSSR count). The van der Waals surface area contributed by atoms with E-state index in [1.165, 1.54) is 13.0 Å². The summed E-state index contributed by atoms with van der Waals surface area (Å²) in [6.45, 7) is 1.54. The number of carbonyl (C=O) groups is 2. The summed E-state index contributed by atoms with van der Waals surface area (Å²) < 4.78 is 10.4. The lowest BCUT2D eigenvalue weighted by molar-refractivity contribution is -0.114. The number of hydrogen-bond donors (Lipinski definition) is 3. The summed E-state index contributed by atoms with van der Waals surface area (Å²) in [7, 11) is 3.24. The lowest BCUT2D eigenvalue weighted by Gasteiger charge is -2.12. The second kappa shape index (κ2) is 15.2. The Balaban J connectivity index is 0.000000220. The smallest absolute Gasteiger partial charge is 0.243 e. The lowest BCUT2D eigenvalue weighted by atomic mass is 10.1. The van der Waals surface area contributed by atoms with Gasteiger partial charge in [0.05, 0.1) is 19.9 Å². The molecule has 0 saturated heterocycles. The van der Waals surface area contributed by atoms with Crippen LogP contribution in [0.15, 0.2) is 121 Å². The van der Waals surface area contributed by atoms with Crippen LogP contribution in [0.1, 0.15) is 18.1 Å². The Morgan fingerprint density at radius 3 is 1.43 bits per heavy atom. The number of methoxy groups -OCH3 is 2. The molecule has 0 bridgehead atoms. The van der Waals surface area contributed by atoms with Crippen LogP contribution < -0.4 is 25.8 Å². The van der Waals surface area contributed by atoms with Crippen molar-refractivity contribution in [1.29, 1.82) is 0 Å². The normalized spacial score (nSPS) is 11.0. The number of amides is 1. The molecule has 4 N–H and O–H groups in total. The first kappa shape index (κ1) is 29.3. The van der Waals surface area contributed by atoms with Gasteiger partial charge < -0.3 is 25.8 Å². The van der Waals surface area contributed by atoms with Gasteiger partial charge in [0.1, 0.15) is 11.5 Å². The number of ketones is 1. The minimum absolute atomic E-state index is 0.000695. The highest BCUT2D eigenvalue weighted by molar-refractivity contribution is 5.98. The van der Waals surface area contributed by atoms with Crippen LogP contribution in [0.4, 0.5) is 11.4 Å². The van der Waals surface area contributed by atoms with E-state index in [1.807, 2.05) is 109 Å². The number of allylic oxidation sites excluding steroid dienone is 1. The van der Waals surface area contributed by atoms with Crippen LogP contribution in [-0.2, 0) is 9.59 Å². The highest BCUT2D eigenvalue weighted by Crippen LogP contribution is 2.23. The third kappa shape index (κ3) is 9.54. The Bertz CT molecular complexity index is 1350. The Hall–Kier alpha value is -5.30. The van der Waals surface area contributed by atoms with Crippen LogP contribution in [0.3, 0.4) is 0 Å². The minimum atomic E-state index is -0.501. The molecule has 0 aliphatic carbocycles. The molecule has 4 aromatic carbocycles. The van der Waals surface area contributed by atoms with Crippen molar-refractivity contribution >= 4 is 34.5 Å². The number of benzene rings is 4. The molecule has 7 heteroatoms. The standard InChI is InChI=1S/C17H17NO2.C16H16N2O2/c1-13(19)11-17(14-7-4-3-5-8-14)18-15-9-6-10-16(12-15)20-2;1-20-14-9-5-8-13(10-14)18-15(11-16(17)19)12-6-3-2-4-7-12/h3-12,18H,1-2H3;2-11,18H,1H3,(H2,17,19)/b17-11-;15-11-. The summed E-state index contributed by atoms with van der Waals surface area (Å²) in [5, 5.41) is 6.44. The number of rotatable bonds is 10. The molecule has 0 heterocycles. The molecule has 1 amide bonds. The van der Waals surface area contributed by atoms with Crippen molar-refractivity contribution in [1.82, 2.24) is 0 Å². The van der Waals surface area contributed by atoms with E-state index in [4.69, 9.17) is 15.2 Å². The van der Waals surface area contributed by atoms with E-state index in [1.54, 1.807) is 20.3 Å². The number of ether oxygens (including phenoxy) is 2. The topological polar surface area (TPSA) is 103 Å². The fourth-order valence-corrected chi connectivity index (χ4v) is 3.68. The van der Waals surface area contributed by atoms with Crippen molar-refractivity contribution in [3.05, 3.63) is 132 Å². The summed E-state index contributed by atoms with van der Waals surface area (Å²) in [4.78, 5) is 22.6. The van der Waals surface area contributed by atoms with Gasteiger partial charge in [-0.05, 0) is 42.3 Å². The van der Waals surface area contributed by atoms with Gasteiger partial charge in [-0.15, -0.1) is 0 Å². The lowest BCUT2D eigenvalue weighted by Crippen LogP contribution is -2.10. The highest BCUT2D eigenvalue weighted by atomic mass is 16.5. The first-order valence-corrected chi connectivity index (χ1v) is 12.5. The molecule has 0 aliphatic rings. The molecule has 0 aliphatic heterocycles. The van der Waals surface area contributed by atoms with Gasteiger partial charge in [0.25, 0.3) is 0 Å². The Kier molecular flexibility index (Phi) is 11.1. The molecule has 0 radical (unpaired) electrons. The number of hydrogen-bond acceptors (Lipinski definition) is 6. The Morgan fingerprint density at radius 2 is 1.05 bits per heavy atom. The van der Waals surface area contributed by atoms with Gasteiger partial charge in [-0.2, -0.15) is 0 Å². The summed E-state index contributed by atoms with van der Waals surface area (Å²) in [5.74, 6) is 1.00. The maximum atomic E-state index is 11.4. The average molecular weight is 536 g/mol. The molecule has 0 unspecified atom stereocenters. The van der Waals surface area contributed by atoms with Gasteiger partial charge in [0, 0.05) is 41.4 Å². The minimum Gasteiger partial charge on any atom is -0.497 e. The third-order valence-electron chi connectivity index (χ3n) is 5.50. The van der Waals surface area contributed by atoms with E-state index in [-0.39, 0.29) is 5.78 Å². The highest BCUT2D eigenvalue weighted by Gasteiger charge is 2.05. The van der Waals surface area contributed by atoms with Crippen molar-refractivity contribution in [2.24, 2.45) is 5.73 Å². The van der Waals surface area contributed by atoms with Crippen molar-refractivity contribution < 1.29 is 19.1 Å². The van der Waals surface area contributed by atoms with Crippen molar-refractivity contribution in [2.75, 3.05) is 24.9 Å². The molecule has 40 heavy (non-hydrogen) atoms. The molecule has 7 nitrogen and oxygen atoms in total. The van der Waals surface area contributed by atoms with Gasteiger partial charge in [0.2, 0.25) is 5.91 Å². The Morgan fingerprint density at radius 1 is 0.625 bits per heavy atom. The molecule has 0 spiro atoms. The van der Waals surface area contributed by atoms with E-state index in [2.05, 4.69) is 10.6 Å². The summed E-state index contributed by atoms with van der Waals surface area (Å²) in [6, 6.07) is 34.3. The average Bonchev–Trinajstić information content (AvgIpc) is 2.97. The zero-order valence-corrected chi connectivity index (χ0v) is 22.8. The molecule has 204 valence electrons. The second-order valence-electron chi connectivity index (χ2n) is 8.58. The van der Waals surface area contributed by atoms with Crippen LogP contribution in [0.2, 0.25) is 0 Å². The fraction of sp³-hybridized carbons (Fsp3) is 0.0909. The van der Waals surface area contributed by atoms with E-state index in [0.29, 0.717) is 5.70 Å². The zero-order valence-electron chi connectivity index (χ0n) is 22.8. The maximum absolute atomic E-state index is 11.4. The summed E-state index contributed by atoms with van der Waals surface area (Å²) >= 11 is 0. The SMILES string of the molecule is COc1cccc(N/C(=C\C(C)=O)c2ccccc2)c1.COc1cccc(N/C(=C\C(N)=O)c2ccccc2)c1. The first-order chi connectivity index (χ1) is 19.4. The van der Waals surface area contributed by atoms with Crippen LogP contribution in [-0.4, -0.2) is 25.9 Å². The number of anilines is 2. The van der Waals surface area contributed by atoms with E-state index >= 15 is 0 Å². The van der Waals surface area contributed by atoms with Crippen molar-refractivity contribution in [2.45, 2.75) is 6.92 Å². The van der Waals surface area contributed by atoms with E-state index < -0.39 is 5.91 Å². The number of nitrogens with one attached hydrogen (secondary N) is 2. The van der Waals surface area contributed by atoms with Gasteiger partial charge >= 0.3 is 0 Å². The number of primary amides is 1. The summed E-state index contributed by atoms with van der Waals surface area (Å²) in [6.07, 6.45) is 2.96. The quantitative estimate of drug-likeness (QED) is 0.204. The largest absolute Gasteiger partial charge is 0.497 e. The molecular formula is C33H33N3O4. The fourth-order valence-electron chi connectivity index (χ4n) is 3.68. The van der Waals surface area contributed by atoms with Gasteiger partial charge in [-0.1, -0.05) is 72.8 Å². The number of nitrogens with two attached hydrogens (primary N) is 1. The zero-order chi connectivity index (χ0) is 28.7. The van der Waals surface area contributed by atoms with Crippen LogP contribution in [0.25, 0.3) is 11.4 Å². The monoisotopic (exact) mass is 535 g/mol. The third-order valence-corrected chi connectivity index (χ3v) is 5.50. The predicted octanol–water partition coefficient (Wildman–Crippen LogP) is 6.37. The predicted molar refractivity (Wildman–Crippen MR) is 162 cm³/mol. The first-order valence-electron chi connectivity index (χ1n) is 12.5. The van der Waals surface area contributed by atoms with Crippen molar-refractivity contribution in [3.8, 4) is 11.5 Å². The van der Waals surface area contributed by atoms with Gasteiger partial charge in [0.15, 0.2) is 5.78 Å². The maximum Gasteiger partial charge on any atom is 0.243 e. The molecule has 0 atom stereocenters. The molecule has 4 aromatic rings. The van der Waals surface area contributed by atoms with Crippen molar-refractivity contribution in [3.63, 3.8) is 0 Å². The second-order valence-corrected chi connectivity index (χ2v) is 8.58. The molecular weight excluding hydrogens is 502 g/mol. The molecule has 0 aromatic heterocycles. The van der Waals surface area contributed by atoms with Gasteiger partial charge in [-0.25, -0.2) is 0 Å². The van der Waals surface area contributed by atoms with Crippen LogP contribution in [0.5, 0.6) is 11.5 Å². The molecule has 0 fully saturated rings. The van der Waals surface area contributed by atoms with E-state index in [9.17, 15) is 9.59 Å². The van der Waals surface area contributed by atoms with Crippen LogP contribution in [0, 0.1) is 0 Å². The Labute approximate surface area is 235 Å². The van der Waals surface area contributed by atoms with Gasteiger partial charge in [-0.3, -0.25) is 9.59 Å². The van der Waals surface area contributed by atoms with Crippen LogP contribution >= 0.6 is 0 Å². The number of carbonyl (C=O) groups excluding carboxylic acids is 2.